The average molecular weight is 267 g/mol. The molecule has 0 aromatic carbocycles. The van der Waals surface area contributed by atoms with Crippen LogP contribution in [0.5, 0.6) is 0 Å². The van der Waals surface area contributed by atoms with Gasteiger partial charge in [-0.05, 0) is 37.8 Å². The topological polar surface area (TPSA) is 18.5 Å². The molecule has 1 saturated carbocycles. The van der Waals surface area contributed by atoms with Crippen LogP contribution in [0.15, 0.2) is 0 Å². The van der Waals surface area contributed by atoms with Crippen LogP contribution in [0.25, 0.3) is 0 Å². The zero-order valence-electron chi connectivity index (χ0n) is 13.4. The molecule has 1 heterocycles. The smallest absolute Gasteiger partial charge is 0.0156 e. The van der Waals surface area contributed by atoms with Gasteiger partial charge in [-0.2, -0.15) is 0 Å². The van der Waals surface area contributed by atoms with Crippen LogP contribution >= 0.6 is 0 Å². The molecule has 2 atom stereocenters. The third-order valence-corrected chi connectivity index (χ3v) is 5.43. The summed E-state index contributed by atoms with van der Waals surface area (Å²) in [5.74, 6) is 0.835. The average Bonchev–Trinajstić information content (AvgIpc) is 2.39. The molecule has 2 rings (SSSR count). The van der Waals surface area contributed by atoms with E-state index in [4.69, 9.17) is 0 Å². The summed E-state index contributed by atoms with van der Waals surface area (Å²) in [5.41, 5.74) is 0.461. The van der Waals surface area contributed by atoms with Gasteiger partial charge in [-0.15, -0.1) is 0 Å². The molecule has 112 valence electrons. The van der Waals surface area contributed by atoms with Gasteiger partial charge in [0.15, 0.2) is 0 Å². The van der Waals surface area contributed by atoms with Crippen LogP contribution in [0, 0.1) is 11.3 Å². The van der Waals surface area contributed by atoms with Crippen molar-refractivity contribution in [2.24, 2.45) is 11.3 Å². The van der Waals surface area contributed by atoms with E-state index in [0.29, 0.717) is 11.5 Å². The minimum absolute atomic E-state index is 0.461. The minimum Gasteiger partial charge on any atom is -0.316 e. The van der Waals surface area contributed by atoms with E-state index in [0.717, 1.165) is 5.92 Å². The van der Waals surface area contributed by atoms with E-state index in [1.165, 1.54) is 58.5 Å². The zero-order chi connectivity index (χ0) is 13.9. The maximum absolute atomic E-state index is 3.62. The van der Waals surface area contributed by atoms with Gasteiger partial charge in [-0.3, -0.25) is 0 Å². The van der Waals surface area contributed by atoms with Gasteiger partial charge in [0, 0.05) is 38.8 Å². The first-order chi connectivity index (χ1) is 9.06. The lowest BCUT2D eigenvalue weighted by Crippen LogP contribution is -2.54. The number of nitrogens with zero attached hydrogens (tertiary/aromatic N) is 2. The molecule has 19 heavy (non-hydrogen) atoms. The van der Waals surface area contributed by atoms with E-state index in [1.54, 1.807) is 0 Å². The van der Waals surface area contributed by atoms with Crippen molar-refractivity contribution in [1.82, 2.24) is 15.1 Å². The second-order valence-electron chi connectivity index (χ2n) is 7.14. The maximum atomic E-state index is 3.62. The Hall–Kier alpha value is -0.120. The SMILES string of the molecule is CCN1CCN(CC2CCCC(C)(C)C2NC)CC1. The number of nitrogens with one attached hydrogen (secondary N) is 1. The lowest BCUT2D eigenvalue weighted by Gasteiger charge is -2.46. The first-order valence-electron chi connectivity index (χ1n) is 8.19. The summed E-state index contributed by atoms with van der Waals surface area (Å²) in [5, 5.41) is 3.62. The molecule has 0 spiro atoms. The van der Waals surface area contributed by atoms with Crippen LogP contribution in [-0.2, 0) is 0 Å². The van der Waals surface area contributed by atoms with E-state index in [-0.39, 0.29) is 0 Å². The summed E-state index contributed by atoms with van der Waals surface area (Å²) in [4.78, 5) is 5.26. The maximum Gasteiger partial charge on any atom is 0.0156 e. The van der Waals surface area contributed by atoms with Crippen LogP contribution in [0.1, 0.15) is 40.0 Å². The molecule has 1 aliphatic heterocycles. The lowest BCUT2D eigenvalue weighted by molar-refractivity contribution is 0.0617. The largest absolute Gasteiger partial charge is 0.316 e. The van der Waals surface area contributed by atoms with Gasteiger partial charge in [0.25, 0.3) is 0 Å². The predicted octanol–water partition coefficient (Wildman–Crippen LogP) is 2.04. The van der Waals surface area contributed by atoms with Crippen molar-refractivity contribution in [1.29, 1.82) is 0 Å². The van der Waals surface area contributed by atoms with Crippen molar-refractivity contribution in [2.75, 3.05) is 46.3 Å². The van der Waals surface area contributed by atoms with Crippen molar-refractivity contribution < 1.29 is 0 Å². The second-order valence-corrected chi connectivity index (χ2v) is 7.14. The van der Waals surface area contributed by atoms with E-state index < -0.39 is 0 Å². The molecular weight excluding hydrogens is 234 g/mol. The Kier molecular flexibility index (Phi) is 5.27. The van der Waals surface area contributed by atoms with E-state index >= 15 is 0 Å². The van der Waals surface area contributed by atoms with Gasteiger partial charge in [-0.25, -0.2) is 0 Å². The molecule has 0 bridgehead atoms. The molecular formula is C16H33N3. The Labute approximate surface area is 119 Å². The Morgan fingerprint density at radius 1 is 1.11 bits per heavy atom. The van der Waals surface area contributed by atoms with Crippen LogP contribution < -0.4 is 5.32 Å². The third-order valence-electron chi connectivity index (χ3n) is 5.43. The highest BCUT2D eigenvalue weighted by atomic mass is 15.3. The third kappa shape index (κ3) is 3.71. The zero-order valence-corrected chi connectivity index (χ0v) is 13.4. The quantitative estimate of drug-likeness (QED) is 0.841. The van der Waals surface area contributed by atoms with Gasteiger partial charge in [0.2, 0.25) is 0 Å². The van der Waals surface area contributed by atoms with E-state index in [2.05, 4.69) is 42.9 Å². The number of rotatable bonds is 4. The fourth-order valence-electron chi connectivity index (χ4n) is 4.22. The summed E-state index contributed by atoms with van der Waals surface area (Å²) in [6.07, 6.45) is 4.19. The summed E-state index contributed by atoms with van der Waals surface area (Å²) < 4.78 is 0. The van der Waals surface area contributed by atoms with E-state index in [9.17, 15) is 0 Å². The Morgan fingerprint density at radius 2 is 1.74 bits per heavy atom. The van der Waals surface area contributed by atoms with Gasteiger partial charge in [0.1, 0.15) is 0 Å². The fourth-order valence-corrected chi connectivity index (χ4v) is 4.22. The lowest BCUT2D eigenvalue weighted by atomic mass is 9.68. The van der Waals surface area contributed by atoms with Crippen molar-refractivity contribution in [3.63, 3.8) is 0 Å². The summed E-state index contributed by atoms with van der Waals surface area (Å²) >= 11 is 0. The summed E-state index contributed by atoms with van der Waals surface area (Å²) in [6.45, 7) is 14.7. The van der Waals surface area contributed by atoms with Gasteiger partial charge in [-0.1, -0.05) is 27.2 Å². The molecule has 3 heteroatoms. The minimum atomic E-state index is 0.461. The van der Waals surface area contributed by atoms with Crippen molar-refractivity contribution >= 4 is 0 Å². The standard InChI is InChI=1S/C16H33N3/c1-5-18-9-11-19(12-10-18)13-14-7-6-8-16(2,3)15(14)17-4/h14-15,17H,5-13H2,1-4H3. The van der Waals surface area contributed by atoms with Gasteiger partial charge >= 0.3 is 0 Å². The molecule has 2 aliphatic rings. The normalized spacial score (nSPS) is 33.5. The molecule has 0 radical (unpaired) electrons. The molecule has 1 N–H and O–H groups in total. The molecule has 0 aromatic heterocycles. The van der Waals surface area contributed by atoms with Crippen molar-refractivity contribution in [3.8, 4) is 0 Å². The molecule has 1 aliphatic carbocycles. The Balaban J connectivity index is 1.87. The highest BCUT2D eigenvalue weighted by Crippen LogP contribution is 2.39. The van der Waals surface area contributed by atoms with Gasteiger partial charge in [0.05, 0.1) is 0 Å². The molecule has 0 amide bonds. The predicted molar refractivity (Wildman–Crippen MR) is 82.5 cm³/mol. The Bertz CT molecular complexity index is 269. The molecule has 3 nitrogen and oxygen atoms in total. The molecule has 0 aromatic rings. The monoisotopic (exact) mass is 267 g/mol. The fraction of sp³-hybridized carbons (Fsp3) is 1.00. The van der Waals surface area contributed by atoms with E-state index in [1.807, 2.05) is 0 Å². The number of hydrogen-bond donors (Lipinski definition) is 1. The van der Waals surface area contributed by atoms with Crippen LogP contribution in [0.4, 0.5) is 0 Å². The van der Waals surface area contributed by atoms with Gasteiger partial charge < -0.3 is 15.1 Å². The van der Waals surface area contributed by atoms with Crippen molar-refractivity contribution in [2.45, 2.75) is 46.1 Å². The van der Waals surface area contributed by atoms with Crippen LogP contribution in [0.3, 0.4) is 0 Å². The molecule has 2 fully saturated rings. The number of hydrogen-bond acceptors (Lipinski definition) is 3. The van der Waals surface area contributed by atoms with Crippen molar-refractivity contribution in [3.05, 3.63) is 0 Å². The van der Waals surface area contributed by atoms with Crippen LogP contribution in [-0.4, -0.2) is 62.2 Å². The Morgan fingerprint density at radius 3 is 2.32 bits per heavy atom. The first-order valence-corrected chi connectivity index (χ1v) is 8.19. The summed E-state index contributed by atoms with van der Waals surface area (Å²) in [6, 6.07) is 0.686. The highest BCUT2D eigenvalue weighted by Gasteiger charge is 2.38. The van der Waals surface area contributed by atoms with Crippen LogP contribution in [0.2, 0.25) is 0 Å². The highest BCUT2D eigenvalue weighted by molar-refractivity contribution is 4.94. The summed E-state index contributed by atoms with van der Waals surface area (Å²) in [7, 11) is 2.15. The number of likely N-dealkylation sites (N-methyl/N-ethyl adjacent to an activating group) is 1. The molecule has 2 unspecified atom stereocenters. The molecule has 1 saturated heterocycles. The second kappa shape index (κ2) is 6.55. The number of piperazine rings is 1. The first kappa shape index (κ1) is 15.3.